The molecule has 0 nitrogen and oxygen atoms in total. The number of alkyl halides is 6. The molecule has 0 aromatic heterocycles. The summed E-state index contributed by atoms with van der Waals surface area (Å²) in [5.41, 5.74) is 0. The van der Waals surface area contributed by atoms with E-state index in [2.05, 4.69) is 12.6 Å². The summed E-state index contributed by atoms with van der Waals surface area (Å²) in [6.07, 6.45) is -10.8. The Labute approximate surface area is 64.0 Å². The summed E-state index contributed by atoms with van der Waals surface area (Å²) in [4.78, 5) is 0. The van der Waals surface area contributed by atoms with Gasteiger partial charge in [-0.25, -0.2) is 17.6 Å². The predicted molar refractivity (Wildman–Crippen MR) is 29.7 cm³/mol. The first kappa shape index (κ1) is 10.9. The second-order valence-electron chi connectivity index (χ2n) is 1.77. The van der Waals surface area contributed by atoms with Crippen molar-refractivity contribution >= 4 is 12.6 Å². The molecule has 0 amide bonds. The number of thiol groups is 1. The van der Waals surface area contributed by atoms with Crippen LogP contribution in [0.4, 0.5) is 26.3 Å². The van der Waals surface area contributed by atoms with Crippen molar-refractivity contribution in [2.24, 2.45) is 0 Å². The molecule has 0 aromatic rings. The molecular weight excluding hydrogens is 194 g/mol. The van der Waals surface area contributed by atoms with Crippen LogP contribution in [-0.4, -0.2) is 24.0 Å². The fraction of sp³-hybridized carbons (Fsp3) is 1.00. The van der Waals surface area contributed by atoms with Crippen LogP contribution in [0.2, 0.25) is 0 Å². The molecule has 7 heteroatoms. The Morgan fingerprint density at radius 1 is 1.00 bits per heavy atom. The van der Waals surface area contributed by atoms with E-state index in [0.717, 1.165) is 0 Å². The van der Waals surface area contributed by atoms with Crippen molar-refractivity contribution in [3.05, 3.63) is 0 Å². The first-order valence-electron chi connectivity index (χ1n) is 2.43. The number of hydrogen-bond acceptors (Lipinski definition) is 1. The van der Waals surface area contributed by atoms with E-state index in [1.165, 1.54) is 0 Å². The summed E-state index contributed by atoms with van der Waals surface area (Å²) >= 11 is 2.30. The zero-order valence-corrected chi connectivity index (χ0v) is 5.84. The zero-order chi connectivity index (χ0) is 9.23. The molecule has 0 radical (unpaired) electrons. The number of hydrogen-bond donors (Lipinski definition) is 1. The first-order valence-corrected chi connectivity index (χ1v) is 2.88. The van der Waals surface area contributed by atoms with Gasteiger partial charge in [0.15, 0.2) is 6.17 Å². The lowest BCUT2D eigenvalue weighted by molar-refractivity contribution is -0.0733. The smallest absolute Gasteiger partial charge is 0.238 e. The Hall–Kier alpha value is -0.0700. The fourth-order valence-electron chi connectivity index (χ4n) is 0.319. The lowest BCUT2D eigenvalue weighted by Gasteiger charge is -2.17. The molecule has 0 aliphatic carbocycles. The Morgan fingerprint density at radius 2 is 1.36 bits per heavy atom. The topological polar surface area (TPSA) is 0 Å². The minimum Gasteiger partial charge on any atom is -0.238 e. The molecule has 0 aliphatic heterocycles. The molecule has 11 heavy (non-hydrogen) atoms. The molecule has 2 atom stereocenters. The third-order valence-electron chi connectivity index (χ3n) is 0.852. The summed E-state index contributed by atoms with van der Waals surface area (Å²) in [7, 11) is 0. The van der Waals surface area contributed by atoms with Crippen molar-refractivity contribution in [2.45, 2.75) is 24.0 Å². The minimum absolute atomic E-state index is 2.30. The SMILES string of the molecule is FC(F)C(F)C(F)C(F)(F)S. The van der Waals surface area contributed by atoms with Gasteiger partial charge < -0.3 is 0 Å². The van der Waals surface area contributed by atoms with Crippen molar-refractivity contribution < 1.29 is 26.3 Å². The van der Waals surface area contributed by atoms with Crippen LogP contribution in [0.5, 0.6) is 0 Å². The Morgan fingerprint density at radius 3 is 1.45 bits per heavy atom. The highest BCUT2D eigenvalue weighted by Gasteiger charge is 2.46. The van der Waals surface area contributed by atoms with E-state index >= 15 is 0 Å². The molecule has 0 rings (SSSR count). The summed E-state index contributed by atoms with van der Waals surface area (Å²) in [5.74, 6) is 0. The third kappa shape index (κ3) is 3.22. The maximum Gasteiger partial charge on any atom is 0.324 e. The number of rotatable bonds is 3. The van der Waals surface area contributed by atoms with Gasteiger partial charge in [0.25, 0.3) is 6.43 Å². The van der Waals surface area contributed by atoms with Gasteiger partial charge in [-0.05, 0) is 0 Å². The highest BCUT2D eigenvalue weighted by molar-refractivity contribution is 7.81. The Kier molecular flexibility index (Phi) is 3.53. The van der Waals surface area contributed by atoms with Gasteiger partial charge in [0.2, 0.25) is 6.17 Å². The molecule has 0 aromatic carbocycles. The second kappa shape index (κ2) is 3.55. The molecule has 68 valence electrons. The van der Waals surface area contributed by atoms with Gasteiger partial charge in [-0.15, -0.1) is 12.6 Å². The van der Waals surface area contributed by atoms with Crippen LogP contribution in [0.3, 0.4) is 0 Å². The molecular formula is C4H4F6S. The van der Waals surface area contributed by atoms with Crippen molar-refractivity contribution in [3.8, 4) is 0 Å². The van der Waals surface area contributed by atoms with Crippen molar-refractivity contribution in [2.75, 3.05) is 0 Å². The Balaban J connectivity index is 4.13. The maximum atomic E-state index is 11.9. The lowest BCUT2D eigenvalue weighted by Crippen LogP contribution is -2.36. The van der Waals surface area contributed by atoms with Crippen LogP contribution >= 0.6 is 12.6 Å². The monoisotopic (exact) mass is 198 g/mol. The Bertz CT molecular complexity index is 120. The highest BCUT2D eigenvalue weighted by Crippen LogP contribution is 2.31. The lowest BCUT2D eigenvalue weighted by atomic mass is 10.2. The van der Waals surface area contributed by atoms with E-state index < -0.39 is 24.0 Å². The normalized spacial score (nSPS) is 18.5. The molecule has 0 aliphatic rings. The molecule has 0 heterocycles. The van der Waals surface area contributed by atoms with E-state index in [4.69, 9.17) is 0 Å². The van der Waals surface area contributed by atoms with Gasteiger partial charge in [0, 0.05) is 0 Å². The van der Waals surface area contributed by atoms with Gasteiger partial charge in [0.1, 0.15) is 0 Å². The van der Waals surface area contributed by atoms with Gasteiger partial charge >= 0.3 is 5.25 Å². The van der Waals surface area contributed by atoms with E-state index in [-0.39, 0.29) is 0 Å². The van der Waals surface area contributed by atoms with E-state index in [1.807, 2.05) is 0 Å². The molecule has 0 saturated carbocycles. The molecule has 0 saturated heterocycles. The van der Waals surface area contributed by atoms with Crippen LogP contribution in [0, 0.1) is 0 Å². The van der Waals surface area contributed by atoms with E-state index in [0.29, 0.717) is 0 Å². The van der Waals surface area contributed by atoms with Gasteiger partial charge in [-0.1, -0.05) is 0 Å². The van der Waals surface area contributed by atoms with Crippen molar-refractivity contribution in [3.63, 3.8) is 0 Å². The van der Waals surface area contributed by atoms with Crippen LogP contribution in [-0.2, 0) is 0 Å². The zero-order valence-electron chi connectivity index (χ0n) is 4.95. The van der Waals surface area contributed by atoms with Gasteiger partial charge in [-0.3, -0.25) is 0 Å². The molecule has 0 N–H and O–H groups in total. The molecule has 2 unspecified atom stereocenters. The summed E-state index contributed by atoms with van der Waals surface area (Å²) in [6, 6.07) is 0. The number of halogens is 6. The minimum atomic E-state index is -4.37. The molecule has 0 fully saturated rings. The standard InChI is InChI=1S/C4H4F6S/c5-1(3(7)8)2(6)4(9,10)11/h1-3,11H. The summed E-state index contributed by atoms with van der Waals surface area (Å²) in [5, 5.41) is -4.37. The fourth-order valence-corrected chi connectivity index (χ4v) is 0.462. The van der Waals surface area contributed by atoms with Crippen LogP contribution < -0.4 is 0 Å². The van der Waals surface area contributed by atoms with E-state index in [1.54, 1.807) is 0 Å². The highest BCUT2D eigenvalue weighted by atomic mass is 32.1. The first-order chi connectivity index (χ1) is 4.76. The summed E-state index contributed by atoms with van der Waals surface area (Å²) < 4.78 is 69.4. The van der Waals surface area contributed by atoms with Crippen LogP contribution in [0.15, 0.2) is 0 Å². The van der Waals surface area contributed by atoms with Gasteiger partial charge in [-0.2, -0.15) is 8.78 Å². The largest absolute Gasteiger partial charge is 0.324 e. The second-order valence-corrected chi connectivity index (χ2v) is 2.36. The van der Waals surface area contributed by atoms with Crippen LogP contribution in [0.1, 0.15) is 0 Å². The maximum absolute atomic E-state index is 11.9. The predicted octanol–water partition coefficient (Wildman–Crippen LogP) is 2.45. The molecule has 0 bridgehead atoms. The van der Waals surface area contributed by atoms with Crippen LogP contribution in [0.25, 0.3) is 0 Å². The third-order valence-corrected chi connectivity index (χ3v) is 1.10. The average Bonchev–Trinajstić information content (AvgIpc) is 1.82. The van der Waals surface area contributed by atoms with Crippen molar-refractivity contribution in [1.29, 1.82) is 0 Å². The summed E-state index contributed by atoms with van der Waals surface area (Å²) in [6.45, 7) is 0. The van der Waals surface area contributed by atoms with Gasteiger partial charge in [0.05, 0.1) is 0 Å². The average molecular weight is 198 g/mol. The van der Waals surface area contributed by atoms with E-state index in [9.17, 15) is 26.3 Å². The molecule has 0 spiro atoms. The van der Waals surface area contributed by atoms with Crippen molar-refractivity contribution in [1.82, 2.24) is 0 Å². The quantitative estimate of drug-likeness (QED) is 0.522.